The largest absolute Gasteiger partial charge is 0.439 e. The molecule has 9 nitrogen and oxygen atoms in total. The Morgan fingerprint density at radius 2 is 1.72 bits per heavy atom. The maximum absolute atomic E-state index is 14.2. The molecule has 43 heavy (non-hydrogen) atoms. The number of aromatic nitrogens is 4. The van der Waals surface area contributed by atoms with Gasteiger partial charge in [-0.3, -0.25) is 18.9 Å². The number of thiocarbonyl (C=S) groups is 1. The molecule has 1 aliphatic rings. The second kappa shape index (κ2) is 13.6. The SMILES string of the molecule is CCCCc1nc(CC)c(CC(=S)N2C(C)COCC2C)c(=O)n1Cc1ccc(-c2ccccc2-c2noc(=O)[nH]2)cc1. The lowest BCUT2D eigenvalue weighted by Gasteiger charge is -2.40. The molecule has 3 heterocycles. The monoisotopic (exact) mass is 601 g/mol. The van der Waals surface area contributed by atoms with Gasteiger partial charge in [-0.2, -0.15) is 0 Å². The molecule has 0 aliphatic carbocycles. The maximum Gasteiger partial charge on any atom is 0.439 e. The number of aromatic amines is 1. The Kier molecular flexibility index (Phi) is 9.67. The van der Waals surface area contributed by atoms with E-state index in [1.807, 2.05) is 60.0 Å². The van der Waals surface area contributed by atoms with Gasteiger partial charge in [0.1, 0.15) is 5.82 Å². The van der Waals surface area contributed by atoms with E-state index in [-0.39, 0.29) is 17.6 Å². The third-order valence-electron chi connectivity index (χ3n) is 8.03. The van der Waals surface area contributed by atoms with Gasteiger partial charge in [-0.05, 0) is 43.4 Å². The van der Waals surface area contributed by atoms with Gasteiger partial charge in [0.05, 0.1) is 42.5 Å². The van der Waals surface area contributed by atoms with Crippen LogP contribution in [-0.4, -0.2) is 54.9 Å². The average molecular weight is 602 g/mol. The van der Waals surface area contributed by atoms with Crippen molar-refractivity contribution >= 4 is 17.2 Å². The van der Waals surface area contributed by atoms with E-state index in [1.165, 1.54) is 0 Å². The van der Waals surface area contributed by atoms with Gasteiger partial charge >= 0.3 is 5.76 Å². The molecule has 4 aromatic rings. The molecule has 2 atom stereocenters. The van der Waals surface area contributed by atoms with Crippen LogP contribution in [0.25, 0.3) is 22.5 Å². The van der Waals surface area contributed by atoms with Crippen LogP contribution < -0.4 is 11.3 Å². The first-order valence-electron chi connectivity index (χ1n) is 15.1. The van der Waals surface area contributed by atoms with Gasteiger partial charge in [-0.25, -0.2) is 9.78 Å². The van der Waals surface area contributed by atoms with Crippen molar-refractivity contribution in [3.63, 3.8) is 0 Å². The second-order valence-corrected chi connectivity index (χ2v) is 11.7. The molecule has 0 spiro atoms. The van der Waals surface area contributed by atoms with E-state index in [1.54, 1.807) is 0 Å². The molecule has 1 N–H and O–H groups in total. The summed E-state index contributed by atoms with van der Waals surface area (Å²) in [6.45, 7) is 10.1. The van der Waals surface area contributed by atoms with Gasteiger partial charge in [0.2, 0.25) is 0 Å². The van der Waals surface area contributed by atoms with E-state index in [0.29, 0.717) is 44.0 Å². The van der Waals surface area contributed by atoms with Gasteiger partial charge in [-0.15, -0.1) is 0 Å². The fraction of sp³-hybridized carbons (Fsp3) is 0.424. The highest BCUT2D eigenvalue weighted by molar-refractivity contribution is 7.80. The van der Waals surface area contributed by atoms with Crippen molar-refractivity contribution < 1.29 is 9.26 Å². The van der Waals surface area contributed by atoms with Crippen LogP contribution in [-0.2, 0) is 30.5 Å². The lowest BCUT2D eigenvalue weighted by molar-refractivity contribution is -0.000122. The van der Waals surface area contributed by atoms with Crippen LogP contribution in [0.1, 0.15) is 63.2 Å². The van der Waals surface area contributed by atoms with Crippen LogP contribution in [0.4, 0.5) is 0 Å². The number of rotatable bonds is 10. The zero-order valence-corrected chi connectivity index (χ0v) is 26.1. The Bertz CT molecular complexity index is 1680. The molecule has 2 unspecified atom stereocenters. The van der Waals surface area contributed by atoms with Crippen molar-refractivity contribution in [2.45, 2.75) is 78.4 Å². The third-order valence-corrected chi connectivity index (χ3v) is 8.38. The smallest absolute Gasteiger partial charge is 0.377 e. The number of morpholine rings is 1. The quantitative estimate of drug-likeness (QED) is 0.248. The van der Waals surface area contributed by atoms with Crippen LogP contribution in [0.5, 0.6) is 0 Å². The molecular weight excluding hydrogens is 562 g/mol. The summed E-state index contributed by atoms with van der Waals surface area (Å²) in [5.41, 5.74) is 5.14. The normalized spacial score (nSPS) is 16.9. The Morgan fingerprint density at radius 3 is 2.35 bits per heavy atom. The standard InChI is InChI=1S/C33H39N5O4S/c1-5-7-12-29-34-28(6-2)27(17-30(43)38-21(3)19-41-20-22(38)4)32(39)37(29)18-23-13-15-24(16-14-23)25-10-8-9-11-26(25)31-35-33(40)42-36-31/h8-11,13-16,21-22H,5-7,12,17-20H2,1-4H3,(H,35,36,40). The zero-order valence-electron chi connectivity index (χ0n) is 25.3. The van der Waals surface area contributed by atoms with Crippen LogP contribution in [0, 0.1) is 0 Å². The minimum Gasteiger partial charge on any atom is -0.377 e. The van der Waals surface area contributed by atoms with Crippen LogP contribution in [0.15, 0.2) is 62.6 Å². The van der Waals surface area contributed by atoms with Crippen LogP contribution >= 0.6 is 12.2 Å². The molecular formula is C33H39N5O4S. The zero-order chi connectivity index (χ0) is 30.5. The molecule has 0 saturated carbocycles. The Labute approximate surface area is 256 Å². The Hall–Kier alpha value is -3.89. The topological polar surface area (TPSA) is 106 Å². The summed E-state index contributed by atoms with van der Waals surface area (Å²) in [4.78, 5) is 36.4. The fourth-order valence-electron chi connectivity index (χ4n) is 5.84. The van der Waals surface area contributed by atoms with Crippen molar-refractivity contribution in [1.82, 2.24) is 24.6 Å². The average Bonchev–Trinajstić information content (AvgIpc) is 3.45. The number of hydrogen-bond acceptors (Lipinski definition) is 7. The van der Waals surface area contributed by atoms with Crippen molar-refractivity contribution in [3.05, 3.63) is 92.1 Å². The number of H-pyrrole nitrogens is 1. The van der Waals surface area contributed by atoms with E-state index in [4.69, 9.17) is 26.5 Å². The van der Waals surface area contributed by atoms with Gasteiger partial charge in [0.25, 0.3) is 5.56 Å². The summed E-state index contributed by atoms with van der Waals surface area (Å²) in [5.74, 6) is 0.599. The molecule has 0 amide bonds. The lowest BCUT2D eigenvalue weighted by Crippen LogP contribution is -2.52. The first-order chi connectivity index (χ1) is 20.8. The van der Waals surface area contributed by atoms with E-state index in [9.17, 15) is 9.59 Å². The number of ether oxygens (including phenoxy) is 1. The van der Waals surface area contributed by atoms with Crippen molar-refractivity contribution in [2.75, 3.05) is 13.2 Å². The number of benzene rings is 2. The molecule has 0 radical (unpaired) electrons. The molecule has 2 aromatic heterocycles. The third kappa shape index (κ3) is 6.70. The van der Waals surface area contributed by atoms with Crippen molar-refractivity contribution in [3.8, 4) is 22.5 Å². The number of unbranched alkanes of at least 4 members (excludes halogenated alkanes) is 1. The van der Waals surface area contributed by atoms with Gasteiger partial charge in [0, 0.05) is 24.0 Å². The highest BCUT2D eigenvalue weighted by Gasteiger charge is 2.29. The minimum absolute atomic E-state index is 0.0155. The molecule has 1 aliphatic heterocycles. The van der Waals surface area contributed by atoms with E-state index in [2.05, 4.69) is 35.8 Å². The molecule has 10 heteroatoms. The first-order valence-corrected chi connectivity index (χ1v) is 15.5. The molecule has 2 aromatic carbocycles. The molecule has 5 rings (SSSR count). The summed E-state index contributed by atoms with van der Waals surface area (Å²) in [6.07, 6.45) is 3.78. The number of nitrogens with zero attached hydrogens (tertiary/aromatic N) is 4. The number of nitrogens with one attached hydrogen (secondary N) is 1. The van der Waals surface area contributed by atoms with E-state index in [0.717, 1.165) is 58.0 Å². The van der Waals surface area contributed by atoms with Gasteiger partial charge in [0.15, 0.2) is 5.82 Å². The number of aryl methyl sites for hydroxylation is 2. The predicted octanol–water partition coefficient (Wildman–Crippen LogP) is 5.19. The first kappa shape index (κ1) is 30.6. The summed E-state index contributed by atoms with van der Waals surface area (Å²) in [6, 6.07) is 16.1. The van der Waals surface area contributed by atoms with Crippen LogP contribution in [0.2, 0.25) is 0 Å². The highest BCUT2D eigenvalue weighted by atomic mass is 32.1. The van der Waals surface area contributed by atoms with Crippen LogP contribution in [0.3, 0.4) is 0 Å². The van der Waals surface area contributed by atoms with E-state index >= 15 is 0 Å². The molecule has 0 bridgehead atoms. The summed E-state index contributed by atoms with van der Waals surface area (Å²) >= 11 is 5.93. The van der Waals surface area contributed by atoms with Crippen molar-refractivity contribution in [1.29, 1.82) is 0 Å². The minimum atomic E-state index is -0.596. The van der Waals surface area contributed by atoms with Crippen molar-refractivity contribution in [2.24, 2.45) is 0 Å². The Balaban J connectivity index is 1.47. The van der Waals surface area contributed by atoms with Gasteiger partial charge < -0.3 is 9.64 Å². The summed E-state index contributed by atoms with van der Waals surface area (Å²) in [7, 11) is 0. The number of hydrogen-bond donors (Lipinski definition) is 1. The second-order valence-electron chi connectivity index (χ2n) is 11.2. The van der Waals surface area contributed by atoms with E-state index < -0.39 is 5.76 Å². The van der Waals surface area contributed by atoms with Gasteiger partial charge in [-0.1, -0.05) is 86.2 Å². The summed E-state index contributed by atoms with van der Waals surface area (Å²) in [5, 5.41) is 3.86. The molecule has 226 valence electrons. The lowest BCUT2D eigenvalue weighted by atomic mass is 9.98. The predicted molar refractivity (Wildman–Crippen MR) is 171 cm³/mol. The summed E-state index contributed by atoms with van der Waals surface area (Å²) < 4.78 is 12.3. The fourth-order valence-corrected chi connectivity index (χ4v) is 6.35. The highest BCUT2D eigenvalue weighted by Crippen LogP contribution is 2.30. The molecule has 1 saturated heterocycles. The molecule has 1 fully saturated rings. The Morgan fingerprint density at radius 1 is 1.02 bits per heavy atom. The maximum atomic E-state index is 14.2.